The maximum absolute atomic E-state index is 11.3. The summed E-state index contributed by atoms with van der Waals surface area (Å²) in [5, 5.41) is 0. The van der Waals surface area contributed by atoms with Crippen LogP contribution in [0.25, 0.3) is 0 Å². The van der Waals surface area contributed by atoms with E-state index in [9.17, 15) is 4.79 Å². The third kappa shape index (κ3) is 2.85. The molecule has 1 amide bonds. The second-order valence-corrected chi connectivity index (χ2v) is 3.20. The Kier molecular flexibility index (Phi) is 4.69. The highest BCUT2D eigenvalue weighted by atomic mass is 16.6. The summed E-state index contributed by atoms with van der Waals surface area (Å²) < 4.78 is 10.2. The van der Waals surface area contributed by atoms with Crippen LogP contribution in [0.3, 0.4) is 0 Å². The van der Waals surface area contributed by atoms with Crippen LogP contribution in [0.5, 0.6) is 0 Å². The number of ether oxygens (including phenoxy) is 2. The monoisotopic (exact) mass is 202 g/mol. The minimum absolute atomic E-state index is 0.181. The average molecular weight is 202 g/mol. The quantitative estimate of drug-likeness (QED) is 0.646. The maximum atomic E-state index is 11.3. The van der Waals surface area contributed by atoms with Gasteiger partial charge in [-0.25, -0.2) is 4.79 Å². The van der Waals surface area contributed by atoms with Crippen molar-refractivity contribution in [3.63, 3.8) is 0 Å². The van der Waals surface area contributed by atoms with E-state index < -0.39 is 0 Å². The van der Waals surface area contributed by atoms with Gasteiger partial charge in [-0.1, -0.05) is 0 Å². The van der Waals surface area contributed by atoms with Crippen LogP contribution in [0.15, 0.2) is 0 Å². The standard InChI is InChI=1S/C9H18N2O3/c1-2-14-9(12)11-5-3-8(11)7-13-6-4-10/h8H,2-7,10H2,1H3. The van der Waals surface area contributed by atoms with Crippen LogP contribution in [-0.2, 0) is 9.47 Å². The molecule has 0 bridgehead atoms. The molecule has 1 aliphatic heterocycles. The van der Waals surface area contributed by atoms with Crippen LogP contribution >= 0.6 is 0 Å². The summed E-state index contributed by atoms with van der Waals surface area (Å²) in [6.07, 6.45) is 0.753. The van der Waals surface area contributed by atoms with E-state index in [4.69, 9.17) is 15.2 Å². The lowest BCUT2D eigenvalue weighted by atomic mass is 10.1. The van der Waals surface area contributed by atoms with Gasteiger partial charge in [0.1, 0.15) is 0 Å². The van der Waals surface area contributed by atoms with Crippen molar-refractivity contribution in [1.82, 2.24) is 4.90 Å². The number of hydrogen-bond donors (Lipinski definition) is 1. The summed E-state index contributed by atoms with van der Waals surface area (Å²) >= 11 is 0. The Hall–Kier alpha value is -0.810. The Morgan fingerprint density at radius 3 is 2.93 bits per heavy atom. The van der Waals surface area contributed by atoms with E-state index >= 15 is 0 Å². The lowest BCUT2D eigenvalue weighted by Gasteiger charge is -2.39. The van der Waals surface area contributed by atoms with Gasteiger partial charge in [-0.15, -0.1) is 0 Å². The van der Waals surface area contributed by atoms with Crippen molar-refractivity contribution in [2.45, 2.75) is 19.4 Å². The molecule has 5 heteroatoms. The van der Waals surface area contributed by atoms with Crippen molar-refractivity contribution < 1.29 is 14.3 Å². The predicted octanol–water partition coefficient (Wildman–Crippen LogP) is 0.193. The molecule has 2 N–H and O–H groups in total. The second-order valence-electron chi connectivity index (χ2n) is 3.20. The van der Waals surface area contributed by atoms with E-state index in [0.717, 1.165) is 13.0 Å². The molecule has 1 aliphatic rings. The minimum Gasteiger partial charge on any atom is -0.450 e. The topological polar surface area (TPSA) is 64.8 Å². The Morgan fingerprint density at radius 2 is 2.43 bits per heavy atom. The van der Waals surface area contributed by atoms with Crippen LogP contribution < -0.4 is 5.73 Å². The van der Waals surface area contributed by atoms with Crippen molar-refractivity contribution >= 4 is 6.09 Å². The zero-order valence-electron chi connectivity index (χ0n) is 8.57. The van der Waals surface area contributed by atoms with Gasteiger partial charge in [0.2, 0.25) is 0 Å². The Balaban J connectivity index is 2.17. The summed E-state index contributed by atoms with van der Waals surface area (Å²) in [4.78, 5) is 13.0. The molecule has 1 unspecified atom stereocenters. The number of nitrogens with two attached hydrogens (primary N) is 1. The van der Waals surface area contributed by atoms with Gasteiger partial charge in [0.05, 0.1) is 25.9 Å². The van der Waals surface area contributed by atoms with Crippen LogP contribution in [0, 0.1) is 0 Å². The zero-order valence-corrected chi connectivity index (χ0v) is 8.57. The lowest BCUT2D eigenvalue weighted by Crippen LogP contribution is -2.53. The number of amides is 1. The molecule has 1 fully saturated rings. The molecular formula is C9H18N2O3. The van der Waals surface area contributed by atoms with Crippen molar-refractivity contribution in [1.29, 1.82) is 0 Å². The molecule has 0 aliphatic carbocycles. The SMILES string of the molecule is CCOC(=O)N1CCC1COCCN. The molecule has 0 radical (unpaired) electrons. The summed E-state index contributed by atoms with van der Waals surface area (Å²) in [6, 6.07) is 0.181. The van der Waals surface area contributed by atoms with E-state index in [0.29, 0.717) is 26.4 Å². The Morgan fingerprint density at radius 1 is 1.64 bits per heavy atom. The predicted molar refractivity (Wildman–Crippen MR) is 52.0 cm³/mol. The van der Waals surface area contributed by atoms with Gasteiger partial charge < -0.3 is 20.1 Å². The molecule has 1 rings (SSSR count). The van der Waals surface area contributed by atoms with E-state index in [2.05, 4.69) is 0 Å². The molecule has 0 aromatic heterocycles. The number of carbonyl (C=O) groups is 1. The molecule has 1 saturated heterocycles. The summed E-state index contributed by atoms with van der Waals surface area (Å²) in [5.74, 6) is 0. The number of hydrogen-bond acceptors (Lipinski definition) is 4. The van der Waals surface area contributed by atoms with Crippen molar-refractivity contribution in [3.8, 4) is 0 Å². The number of nitrogens with zero attached hydrogens (tertiary/aromatic N) is 1. The molecule has 82 valence electrons. The van der Waals surface area contributed by atoms with E-state index in [1.165, 1.54) is 0 Å². The Labute approximate surface area is 84.1 Å². The van der Waals surface area contributed by atoms with Crippen LogP contribution in [0.4, 0.5) is 4.79 Å². The van der Waals surface area contributed by atoms with Gasteiger partial charge in [0.15, 0.2) is 0 Å². The van der Waals surface area contributed by atoms with E-state index in [1.807, 2.05) is 0 Å². The molecule has 0 spiro atoms. The van der Waals surface area contributed by atoms with Crippen molar-refractivity contribution in [3.05, 3.63) is 0 Å². The fourth-order valence-electron chi connectivity index (χ4n) is 1.36. The summed E-state index contributed by atoms with van der Waals surface area (Å²) in [5.41, 5.74) is 5.29. The number of carbonyl (C=O) groups excluding carboxylic acids is 1. The first kappa shape index (κ1) is 11.3. The zero-order chi connectivity index (χ0) is 10.4. The molecule has 0 aromatic carbocycles. The third-order valence-electron chi connectivity index (χ3n) is 2.22. The van der Waals surface area contributed by atoms with Crippen LogP contribution in [0.1, 0.15) is 13.3 Å². The second kappa shape index (κ2) is 5.82. The van der Waals surface area contributed by atoms with Crippen molar-refractivity contribution in [2.24, 2.45) is 5.73 Å². The highest BCUT2D eigenvalue weighted by Crippen LogP contribution is 2.18. The van der Waals surface area contributed by atoms with Gasteiger partial charge in [-0.3, -0.25) is 0 Å². The highest BCUT2D eigenvalue weighted by molar-refractivity contribution is 5.69. The van der Waals surface area contributed by atoms with Gasteiger partial charge >= 0.3 is 6.09 Å². The molecule has 0 saturated carbocycles. The maximum Gasteiger partial charge on any atom is 0.410 e. The minimum atomic E-state index is -0.236. The normalized spacial score (nSPS) is 20.4. The van der Waals surface area contributed by atoms with Gasteiger partial charge in [0.25, 0.3) is 0 Å². The van der Waals surface area contributed by atoms with Crippen LogP contribution in [0.2, 0.25) is 0 Å². The molecular weight excluding hydrogens is 184 g/mol. The molecule has 1 heterocycles. The number of rotatable bonds is 5. The number of likely N-dealkylation sites (tertiary alicyclic amines) is 1. The smallest absolute Gasteiger partial charge is 0.410 e. The molecule has 5 nitrogen and oxygen atoms in total. The fourth-order valence-corrected chi connectivity index (χ4v) is 1.36. The van der Waals surface area contributed by atoms with Gasteiger partial charge in [-0.2, -0.15) is 0 Å². The first-order chi connectivity index (χ1) is 6.79. The molecule has 14 heavy (non-hydrogen) atoms. The lowest BCUT2D eigenvalue weighted by molar-refractivity contribution is 0.00388. The first-order valence-corrected chi connectivity index (χ1v) is 5.00. The van der Waals surface area contributed by atoms with Gasteiger partial charge in [-0.05, 0) is 13.3 Å². The Bertz CT molecular complexity index is 187. The molecule has 0 aromatic rings. The first-order valence-electron chi connectivity index (χ1n) is 5.00. The van der Waals surface area contributed by atoms with E-state index in [1.54, 1.807) is 11.8 Å². The summed E-state index contributed by atoms with van der Waals surface area (Å²) in [7, 11) is 0. The summed E-state index contributed by atoms with van der Waals surface area (Å²) in [6.45, 7) is 4.63. The van der Waals surface area contributed by atoms with Gasteiger partial charge in [0, 0.05) is 13.1 Å². The molecule has 1 atom stereocenters. The average Bonchev–Trinajstić information content (AvgIpc) is 2.11. The highest BCUT2D eigenvalue weighted by Gasteiger charge is 2.32. The van der Waals surface area contributed by atoms with Crippen molar-refractivity contribution in [2.75, 3.05) is 32.9 Å². The van der Waals surface area contributed by atoms with E-state index in [-0.39, 0.29) is 12.1 Å². The third-order valence-corrected chi connectivity index (χ3v) is 2.22. The van der Waals surface area contributed by atoms with Crippen LogP contribution in [-0.4, -0.2) is 49.9 Å². The fraction of sp³-hybridized carbons (Fsp3) is 0.889. The largest absolute Gasteiger partial charge is 0.450 e.